The Morgan fingerprint density at radius 2 is 1.89 bits per heavy atom. The van der Waals surface area contributed by atoms with Gasteiger partial charge in [0.05, 0.1) is 6.10 Å². The standard InChI is InChI=1S/C17H27NO/c1-14-8-7-9-15(12-14)13-16(19)17(2,3)18-10-5-4-6-11-18/h7-9,12,16,19H,4-6,10-11,13H2,1-3H3. The molecule has 2 rings (SSSR count). The molecular weight excluding hydrogens is 234 g/mol. The Bertz CT molecular complexity index is 407. The summed E-state index contributed by atoms with van der Waals surface area (Å²) in [5, 5.41) is 10.6. The summed E-state index contributed by atoms with van der Waals surface area (Å²) in [5.41, 5.74) is 2.36. The molecule has 106 valence electrons. The van der Waals surface area contributed by atoms with E-state index in [1.165, 1.54) is 30.4 Å². The van der Waals surface area contributed by atoms with Crippen molar-refractivity contribution in [2.45, 2.75) is 58.1 Å². The average molecular weight is 261 g/mol. The Labute approximate surface area is 117 Å². The number of likely N-dealkylation sites (tertiary alicyclic amines) is 1. The highest BCUT2D eigenvalue weighted by Gasteiger charge is 2.34. The molecule has 1 unspecified atom stereocenters. The van der Waals surface area contributed by atoms with Crippen LogP contribution in [0.4, 0.5) is 0 Å². The normalized spacial score (nSPS) is 19.4. The van der Waals surface area contributed by atoms with Gasteiger partial charge in [0.1, 0.15) is 0 Å². The van der Waals surface area contributed by atoms with E-state index in [9.17, 15) is 5.11 Å². The Balaban J connectivity index is 2.03. The van der Waals surface area contributed by atoms with Crippen molar-refractivity contribution in [3.05, 3.63) is 35.4 Å². The molecule has 1 heterocycles. The summed E-state index contributed by atoms with van der Waals surface area (Å²) in [6, 6.07) is 8.47. The van der Waals surface area contributed by atoms with Gasteiger partial charge >= 0.3 is 0 Å². The first kappa shape index (κ1) is 14.5. The van der Waals surface area contributed by atoms with Crippen LogP contribution in [-0.4, -0.2) is 34.7 Å². The topological polar surface area (TPSA) is 23.5 Å². The number of rotatable bonds is 4. The van der Waals surface area contributed by atoms with Gasteiger partial charge in [0.15, 0.2) is 0 Å². The zero-order valence-electron chi connectivity index (χ0n) is 12.5. The molecule has 1 aliphatic rings. The molecule has 0 saturated carbocycles. The predicted octanol–water partition coefficient (Wildman–Crippen LogP) is 3.16. The van der Waals surface area contributed by atoms with E-state index in [2.05, 4.69) is 49.9 Å². The number of hydrogen-bond donors (Lipinski definition) is 1. The predicted molar refractivity (Wildman–Crippen MR) is 80.4 cm³/mol. The Hall–Kier alpha value is -0.860. The molecule has 0 radical (unpaired) electrons. The number of piperidine rings is 1. The fourth-order valence-electron chi connectivity index (χ4n) is 2.99. The van der Waals surface area contributed by atoms with E-state index in [1.54, 1.807) is 0 Å². The average Bonchev–Trinajstić information content (AvgIpc) is 2.39. The first-order chi connectivity index (χ1) is 9.00. The number of benzene rings is 1. The van der Waals surface area contributed by atoms with Gasteiger partial charge in [-0.25, -0.2) is 0 Å². The van der Waals surface area contributed by atoms with Crippen LogP contribution in [0.25, 0.3) is 0 Å². The monoisotopic (exact) mass is 261 g/mol. The van der Waals surface area contributed by atoms with Gasteiger partial charge in [-0.15, -0.1) is 0 Å². The van der Waals surface area contributed by atoms with E-state index in [1.807, 2.05) is 0 Å². The van der Waals surface area contributed by atoms with Crippen molar-refractivity contribution >= 4 is 0 Å². The van der Waals surface area contributed by atoms with E-state index >= 15 is 0 Å². The third-order valence-corrected chi connectivity index (χ3v) is 4.50. The number of aliphatic hydroxyl groups excluding tert-OH is 1. The van der Waals surface area contributed by atoms with Crippen molar-refractivity contribution in [3.8, 4) is 0 Å². The van der Waals surface area contributed by atoms with Crippen molar-refractivity contribution < 1.29 is 5.11 Å². The van der Waals surface area contributed by atoms with Gasteiger partial charge in [-0.2, -0.15) is 0 Å². The fourth-order valence-corrected chi connectivity index (χ4v) is 2.99. The van der Waals surface area contributed by atoms with Crippen molar-refractivity contribution in [2.75, 3.05) is 13.1 Å². The van der Waals surface area contributed by atoms with Crippen molar-refractivity contribution in [3.63, 3.8) is 0 Å². The molecule has 0 aromatic heterocycles. The maximum atomic E-state index is 10.6. The summed E-state index contributed by atoms with van der Waals surface area (Å²) in [5.74, 6) is 0. The number of aryl methyl sites for hydroxylation is 1. The second kappa shape index (κ2) is 6.06. The zero-order valence-corrected chi connectivity index (χ0v) is 12.5. The first-order valence-corrected chi connectivity index (χ1v) is 7.49. The molecule has 0 amide bonds. The molecular formula is C17H27NO. The second-order valence-electron chi connectivity index (χ2n) is 6.41. The summed E-state index contributed by atoms with van der Waals surface area (Å²) in [6.07, 6.45) is 4.29. The maximum Gasteiger partial charge on any atom is 0.0758 e. The van der Waals surface area contributed by atoms with Gasteiger partial charge < -0.3 is 5.11 Å². The zero-order chi connectivity index (χ0) is 13.9. The summed E-state index contributed by atoms with van der Waals surface area (Å²) < 4.78 is 0. The molecule has 1 N–H and O–H groups in total. The smallest absolute Gasteiger partial charge is 0.0758 e. The minimum absolute atomic E-state index is 0.135. The van der Waals surface area contributed by atoms with Crippen LogP contribution in [0.5, 0.6) is 0 Å². The number of hydrogen-bond acceptors (Lipinski definition) is 2. The highest BCUT2D eigenvalue weighted by atomic mass is 16.3. The molecule has 1 fully saturated rings. The quantitative estimate of drug-likeness (QED) is 0.900. The Kier molecular flexibility index (Phi) is 4.64. The summed E-state index contributed by atoms with van der Waals surface area (Å²) in [4.78, 5) is 2.46. The lowest BCUT2D eigenvalue weighted by atomic mass is 9.88. The van der Waals surface area contributed by atoms with Crippen molar-refractivity contribution in [1.29, 1.82) is 0 Å². The third-order valence-electron chi connectivity index (χ3n) is 4.50. The van der Waals surface area contributed by atoms with Gasteiger partial charge in [0.2, 0.25) is 0 Å². The Morgan fingerprint density at radius 1 is 1.21 bits per heavy atom. The van der Waals surface area contributed by atoms with Gasteiger partial charge in [0, 0.05) is 12.0 Å². The van der Waals surface area contributed by atoms with E-state index in [0.29, 0.717) is 0 Å². The molecule has 1 aromatic carbocycles. The Morgan fingerprint density at radius 3 is 2.53 bits per heavy atom. The van der Waals surface area contributed by atoms with Crippen LogP contribution >= 0.6 is 0 Å². The molecule has 2 nitrogen and oxygen atoms in total. The minimum Gasteiger partial charge on any atom is -0.391 e. The molecule has 1 aliphatic heterocycles. The van der Waals surface area contributed by atoms with Gasteiger partial charge in [-0.1, -0.05) is 36.2 Å². The molecule has 1 atom stereocenters. The number of nitrogens with zero attached hydrogens (tertiary/aromatic N) is 1. The van der Waals surface area contributed by atoms with Crippen LogP contribution in [-0.2, 0) is 6.42 Å². The lowest BCUT2D eigenvalue weighted by molar-refractivity contribution is -0.0187. The van der Waals surface area contributed by atoms with Crippen LogP contribution in [0.15, 0.2) is 24.3 Å². The van der Waals surface area contributed by atoms with Crippen LogP contribution in [0.1, 0.15) is 44.2 Å². The van der Waals surface area contributed by atoms with Gasteiger partial charge in [0.25, 0.3) is 0 Å². The van der Waals surface area contributed by atoms with E-state index in [0.717, 1.165) is 19.5 Å². The number of aliphatic hydroxyl groups is 1. The summed E-state index contributed by atoms with van der Waals surface area (Å²) in [7, 11) is 0. The minimum atomic E-state index is -0.313. The SMILES string of the molecule is Cc1cccc(CC(O)C(C)(C)N2CCCCC2)c1. The second-order valence-corrected chi connectivity index (χ2v) is 6.41. The molecule has 1 saturated heterocycles. The molecule has 2 heteroatoms. The van der Waals surface area contributed by atoms with Crippen LogP contribution < -0.4 is 0 Å². The summed E-state index contributed by atoms with van der Waals surface area (Å²) >= 11 is 0. The van der Waals surface area contributed by atoms with E-state index < -0.39 is 0 Å². The van der Waals surface area contributed by atoms with Crippen LogP contribution in [0, 0.1) is 6.92 Å². The molecule has 0 aliphatic carbocycles. The van der Waals surface area contributed by atoms with Crippen molar-refractivity contribution in [2.24, 2.45) is 0 Å². The van der Waals surface area contributed by atoms with E-state index in [4.69, 9.17) is 0 Å². The third kappa shape index (κ3) is 3.58. The lowest BCUT2D eigenvalue weighted by Crippen LogP contribution is -2.54. The van der Waals surface area contributed by atoms with Gasteiger partial charge in [-0.05, 0) is 52.3 Å². The largest absolute Gasteiger partial charge is 0.391 e. The lowest BCUT2D eigenvalue weighted by Gasteiger charge is -2.44. The maximum absolute atomic E-state index is 10.6. The molecule has 1 aromatic rings. The fraction of sp³-hybridized carbons (Fsp3) is 0.647. The highest BCUT2D eigenvalue weighted by Crippen LogP contribution is 2.26. The van der Waals surface area contributed by atoms with Gasteiger partial charge in [-0.3, -0.25) is 4.90 Å². The van der Waals surface area contributed by atoms with Crippen LogP contribution in [0.2, 0.25) is 0 Å². The molecule has 19 heavy (non-hydrogen) atoms. The molecule has 0 bridgehead atoms. The highest BCUT2D eigenvalue weighted by molar-refractivity contribution is 5.23. The van der Waals surface area contributed by atoms with Crippen LogP contribution in [0.3, 0.4) is 0 Å². The summed E-state index contributed by atoms with van der Waals surface area (Å²) in [6.45, 7) is 8.71. The first-order valence-electron chi connectivity index (χ1n) is 7.49. The van der Waals surface area contributed by atoms with E-state index in [-0.39, 0.29) is 11.6 Å². The van der Waals surface area contributed by atoms with Crippen molar-refractivity contribution in [1.82, 2.24) is 4.90 Å². The molecule has 0 spiro atoms.